The summed E-state index contributed by atoms with van der Waals surface area (Å²) in [5.74, 6) is 0.0503. The van der Waals surface area contributed by atoms with Crippen molar-refractivity contribution in [3.05, 3.63) is 69.8 Å². The van der Waals surface area contributed by atoms with Crippen molar-refractivity contribution in [2.75, 3.05) is 20.8 Å². The van der Waals surface area contributed by atoms with E-state index in [0.29, 0.717) is 11.5 Å². The fourth-order valence-corrected chi connectivity index (χ4v) is 4.76. The van der Waals surface area contributed by atoms with E-state index in [1.807, 2.05) is 36.4 Å². The number of carbonyl (C=O) groups is 1. The number of benzene rings is 2. The maximum atomic E-state index is 12.2. The minimum absolute atomic E-state index is 0.0460. The Morgan fingerprint density at radius 3 is 2.04 bits per heavy atom. The van der Waals surface area contributed by atoms with Gasteiger partial charge in [-0.2, -0.15) is 0 Å². The highest BCUT2D eigenvalue weighted by Gasteiger charge is 2.74. The van der Waals surface area contributed by atoms with E-state index in [1.165, 1.54) is 0 Å². The number of carbonyl (C=O) groups excluding carboxylic acids is 1. The van der Waals surface area contributed by atoms with E-state index in [-0.39, 0.29) is 29.8 Å². The van der Waals surface area contributed by atoms with Crippen molar-refractivity contribution in [1.29, 1.82) is 0 Å². The molecule has 0 amide bonds. The van der Waals surface area contributed by atoms with Gasteiger partial charge in [0, 0.05) is 10.8 Å². The van der Waals surface area contributed by atoms with E-state index >= 15 is 0 Å². The zero-order chi connectivity index (χ0) is 19.9. The first-order valence-electron chi connectivity index (χ1n) is 9.09. The third-order valence-electron chi connectivity index (χ3n) is 6.14. The molecule has 0 bridgehead atoms. The minimum Gasteiger partial charge on any atom is -0.497 e. The first kappa shape index (κ1) is 18.3. The number of methoxy groups -OCH3 is 2. The Hall–Kier alpha value is -3.09. The third-order valence-corrected chi connectivity index (χ3v) is 6.14. The number of rotatable bonds is 5. The molecular weight excluding hydrogens is 362 g/mol. The van der Waals surface area contributed by atoms with Crippen LogP contribution in [0.2, 0.25) is 0 Å². The van der Waals surface area contributed by atoms with Crippen LogP contribution in [0.4, 0.5) is 0 Å². The van der Waals surface area contributed by atoms with Gasteiger partial charge in [0.25, 0.3) is 5.54 Å². The first-order valence-corrected chi connectivity index (χ1v) is 9.09. The smallest absolute Gasteiger partial charge is 0.306 e. The van der Waals surface area contributed by atoms with E-state index in [0.717, 1.165) is 11.1 Å². The molecule has 7 heteroatoms. The van der Waals surface area contributed by atoms with Gasteiger partial charge in [-0.05, 0) is 35.4 Å². The Morgan fingerprint density at radius 2 is 1.54 bits per heavy atom. The van der Waals surface area contributed by atoms with Crippen LogP contribution in [0.15, 0.2) is 48.5 Å². The molecule has 0 radical (unpaired) electrons. The van der Waals surface area contributed by atoms with Crippen LogP contribution in [-0.2, 0) is 9.53 Å². The third kappa shape index (κ3) is 2.61. The van der Waals surface area contributed by atoms with Crippen molar-refractivity contribution in [2.45, 2.75) is 23.8 Å². The molecule has 2 aromatic rings. The first-order chi connectivity index (χ1) is 13.5. The SMILES string of the molecule is COc1ccc([C@@H]2[C@@H](c3ccc(OC)cc3)[C@@]3([N+](=O)[O-])COC(=O)C[C@@H]23)cc1. The van der Waals surface area contributed by atoms with Gasteiger partial charge >= 0.3 is 5.97 Å². The van der Waals surface area contributed by atoms with Crippen molar-refractivity contribution in [2.24, 2.45) is 5.92 Å². The van der Waals surface area contributed by atoms with Gasteiger partial charge < -0.3 is 14.2 Å². The van der Waals surface area contributed by atoms with Crippen LogP contribution in [0, 0.1) is 16.0 Å². The predicted octanol–water partition coefficient (Wildman–Crippen LogP) is 3.16. The fraction of sp³-hybridized carbons (Fsp3) is 0.381. The van der Waals surface area contributed by atoms with Crippen molar-refractivity contribution >= 4 is 5.97 Å². The van der Waals surface area contributed by atoms with Crippen molar-refractivity contribution in [1.82, 2.24) is 0 Å². The Kier molecular flexibility index (Phi) is 4.45. The van der Waals surface area contributed by atoms with Gasteiger partial charge in [-0.3, -0.25) is 14.9 Å². The summed E-state index contributed by atoms with van der Waals surface area (Å²) < 4.78 is 15.6. The number of hydrogen-bond acceptors (Lipinski definition) is 6. The highest BCUT2D eigenvalue weighted by Crippen LogP contribution is 2.64. The van der Waals surface area contributed by atoms with E-state index < -0.39 is 17.4 Å². The standard InChI is InChI=1S/C21H21NO6/c1-26-15-7-3-13(4-8-15)19-17-11-18(23)28-12-21(17,22(24)25)20(19)14-5-9-16(27-2)10-6-14/h3-10,17,19-20H,11-12H2,1-2H3/t17-,19-,20+,21+/m0/s1. The zero-order valence-electron chi connectivity index (χ0n) is 15.7. The largest absolute Gasteiger partial charge is 0.497 e. The second kappa shape index (κ2) is 6.82. The molecule has 146 valence electrons. The van der Waals surface area contributed by atoms with Gasteiger partial charge in [0.15, 0.2) is 6.61 Å². The molecule has 1 heterocycles. The summed E-state index contributed by atoms with van der Waals surface area (Å²) in [4.78, 5) is 23.9. The summed E-state index contributed by atoms with van der Waals surface area (Å²) in [6, 6.07) is 14.8. The van der Waals surface area contributed by atoms with Crippen LogP contribution in [0.25, 0.3) is 0 Å². The molecule has 0 unspecified atom stereocenters. The molecule has 2 fully saturated rings. The van der Waals surface area contributed by atoms with Crippen molar-refractivity contribution in [3.8, 4) is 11.5 Å². The molecule has 4 rings (SSSR count). The lowest BCUT2D eigenvalue weighted by Crippen LogP contribution is -2.69. The lowest BCUT2D eigenvalue weighted by atomic mass is 9.47. The van der Waals surface area contributed by atoms with Crippen LogP contribution in [0.3, 0.4) is 0 Å². The van der Waals surface area contributed by atoms with E-state index in [4.69, 9.17) is 14.2 Å². The molecule has 7 nitrogen and oxygen atoms in total. The lowest BCUT2D eigenvalue weighted by molar-refractivity contribution is -0.612. The molecule has 2 aliphatic rings. The highest BCUT2D eigenvalue weighted by atomic mass is 16.6. The molecule has 28 heavy (non-hydrogen) atoms. The molecule has 4 atom stereocenters. The average Bonchev–Trinajstić information content (AvgIpc) is 2.71. The average molecular weight is 383 g/mol. The van der Waals surface area contributed by atoms with Gasteiger partial charge in [-0.1, -0.05) is 24.3 Å². The summed E-state index contributed by atoms with van der Waals surface area (Å²) in [5, 5.41) is 12.2. The lowest BCUT2D eigenvalue weighted by Gasteiger charge is -2.56. The number of ether oxygens (including phenoxy) is 3. The molecule has 1 aliphatic heterocycles. The predicted molar refractivity (Wildman–Crippen MR) is 100 cm³/mol. The number of cyclic esters (lactones) is 1. The Balaban J connectivity index is 1.80. The summed E-state index contributed by atoms with van der Waals surface area (Å²) in [7, 11) is 3.17. The second-order valence-corrected chi connectivity index (χ2v) is 7.27. The summed E-state index contributed by atoms with van der Waals surface area (Å²) in [5.41, 5.74) is 0.485. The van der Waals surface area contributed by atoms with Crippen LogP contribution in [0.1, 0.15) is 29.4 Å². The molecule has 0 aromatic heterocycles. The second-order valence-electron chi connectivity index (χ2n) is 7.27. The van der Waals surface area contributed by atoms with Gasteiger partial charge in [-0.15, -0.1) is 0 Å². The number of nitro groups is 1. The Morgan fingerprint density at radius 1 is 1.00 bits per heavy atom. The van der Waals surface area contributed by atoms with Crippen LogP contribution in [0.5, 0.6) is 11.5 Å². The van der Waals surface area contributed by atoms with Crippen LogP contribution < -0.4 is 9.47 Å². The maximum Gasteiger partial charge on any atom is 0.306 e. The topological polar surface area (TPSA) is 87.9 Å². The fourth-order valence-electron chi connectivity index (χ4n) is 4.76. The molecule has 1 saturated carbocycles. The number of hydrogen-bond donors (Lipinski definition) is 0. The summed E-state index contributed by atoms with van der Waals surface area (Å²) in [6.45, 7) is -0.202. The summed E-state index contributed by atoms with van der Waals surface area (Å²) >= 11 is 0. The van der Waals surface area contributed by atoms with Crippen LogP contribution in [-0.4, -0.2) is 37.3 Å². The maximum absolute atomic E-state index is 12.2. The van der Waals surface area contributed by atoms with Crippen LogP contribution >= 0.6 is 0 Å². The van der Waals surface area contributed by atoms with Gasteiger partial charge in [0.2, 0.25) is 0 Å². The van der Waals surface area contributed by atoms with E-state index in [9.17, 15) is 14.9 Å². The quantitative estimate of drug-likeness (QED) is 0.448. The minimum atomic E-state index is -1.31. The van der Waals surface area contributed by atoms with Gasteiger partial charge in [-0.25, -0.2) is 0 Å². The van der Waals surface area contributed by atoms with E-state index in [2.05, 4.69) is 0 Å². The molecule has 2 aromatic carbocycles. The molecule has 0 spiro atoms. The molecular formula is C21H21NO6. The number of fused-ring (bicyclic) bond motifs is 1. The molecule has 1 saturated heterocycles. The number of esters is 1. The van der Waals surface area contributed by atoms with Crippen molar-refractivity contribution in [3.63, 3.8) is 0 Å². The van der Waals surface area contributed by atoms with Crippen molar-refractivity contribution < 1.29 is 23.9 Å². The zero-order valence-corrected chi connectivity index (χ0v) is 15.7. The molecule has 1 aliphatic carbocycles. The molecule has 0 N–H and O–H groups in total. The Bertz CT molecular complexity index is 894. The normalized spacial score (nSPS) is 28.5. The number of nitrogens with zero attached hydrogens (tertiary/aromatic N) is 1. The van der Waals surface area contributed by atoms with E-state index in [1.54, 1.807) is 26.4 Å². The highest BCUT2D eigenvalue weighted by molar-refractivity contribution is 5.72. The monoisotopic (exact) mass is 383 g/mol. The van der Waals surface area contributed by atoms with Gasteiger partial charge in [0.1, 0.15) is 11.5 Å². The Labute approximate surface area is 162 Å². The summed E-state index contributed by atoms with van der Waals surface area (Å²) in [6.07, 6.45) is 0.0460. The van der Waals surface area contributed by atoms with Gasteiger partial charge in [0.05, 0.1) is 32.5 Å².